The van der Waals surface area contributed by atoms with E-state index in [1.165, 1.54) is 5.56 Å². The topological polar surface area (TPSA) is 71.8 Å². The van der Waals surface area contributed by atoms with Crippen LogP contribution in [-0.2, 0) is 12.0 Å². The molecule has 2 aromatic heterocycles. The number of amides is 2. The fourth-order valence-electron chi connectivity index (χ4n) is 2.66. The molecule has 0 saturated heterocycles. The number of carbonyl (C=O) groups excluding carboxylic acids is 1. The molecule has 2 heterocycles. The van der Waals surface area contributed by atoms with Gasteiger partial charge < -0.3 is 10.6 Å². The molecule has 6 nitrogen and oxygen atoms in total. The van der Waals surface area contributed by atoms with E-state index in [9.17, 15) is 4.79 Å². The average Bonchev–Trinajstić information content (AvgIpc) is 2.91. The van der Waals surface area contributed by atoms with Crippen LogP contribution in [0.1, 0.15) is 56.1 Å². The zero-order valence-corrected chi connectivity index (χ0v) is 16.1. The maximum absolute atomic E-state index is 12.2. The molecule has 0 aromatic carbocycles. The highest BCUT2D eigenvalue weighted by Gasteiger charge is 2.20. The number of rotatable bonds is 5. The Bertz CT molecular complexity index is 730. The van der Waals surface area contributed by atoms with Crippen LogP contribution in [0.3, 0.4) is 0 Å². The van der Waals surface area contributed by atoms with E-state index >= 15 is 0 Å². The standard InChI is InChI=1S/C19H29N5O/c1-13-11-20-9-7-16(13)8-10-21-18(25)22-14(2)17-12-24(19(4,5)6)23-15(17)3/h7,9,11-12,14H,8,10H2,1-6H3,(H2,21,22,25). The van der Waals surface area contributed by atoms with Crippen LogP contribution in [-0.4, -0.2) is 27.3 Å². The van der Waals surface area contributed by atoms with Gasteiger partial charge in [-0.1, -0.05) is 0 Å². The van der Waals surface area contributed by atoms with Crippen molar-refractivity contribution < 1.29 is 4.79 Å². The van der Waals surface area contributed by atoms with Gasteiger partial charge >= 0.3 is 6.03 Å². The van der Waals surface area contributed by atoms with Gasteiger partial charge in [-0.3, -0.25) is 9.67 Å². The maximum atomic E-state index is 12.2. The Morgan fingerprint density at radius 1 is 1.32 bits per heavy atom. The number of hydrogen-bond acceptors (Lipinski definition) is 3. The lowest BCUT2D eigenvalue weighted by Gasteiger charge is -2.19. The molecule has 136 valence electrons. The summed E-state index contributed by atoms with van der Waals surface area (Å²) in [6, 6.07) is 1.72. The molecule has 1 atom stereocenters. The number of aromatic nitrogens is 3. The fourth-order valence-corrected chi connectivity index (χ4v) is 2.66. The molecule has 0 spiro atoms. The average molecular weight is 343 g/mol. The number of carbonyl (C=O) groups is 1. The van der Waals surface area contributed by atoms with E-state index in [0.29, 0.717) is 6.54 Å². The van der Waals surface area contributed by atoms with Gasteiger partial charge in [0.15, 0.2) is 0 Å². The number of nitrogens with one attached hydrogen (secondary N) is 2. The van der Waals surface area contributed by atoms with E-state index in [-0.39, 0.29) is 17.6 Å². The highest BCUT2D eigenvalue weighted by molar-refractivity contribution is 5.74. The summed E-state index contributed by atoms with van der Waals surface area (Å²) in [5.74, 6) is 0. The summed E-state index contributed by atoms with van der Waals surface area (Å²) in [5.41, 5.74) is 4.24. The second-order valence-electron chi connectivity index (χ2n) is 7.46. The lowest BCUT2D eigenvalue weighted by Crippen LogP contribution is -2.38. The number of aryl methyl sites for hydroxylation is 2. The van der Waals surface area contributed by atoms with Gasteiger partial charge in [0.1, 0.15) is 0 Å². The van der Waals surface area contributed by atoms with E-state index in [1.807, 2.05) is 43.9 Å². The minimum absolute atomic E-state index is 0.0760. The zero-order valence-electron chi connectivity index (χ0n) is 16.1. The smallest absolute Gasteiger partial charge is 0.315 e. The number of pyridine rings is 1. The Hall–Kier alpha value is -2.37. The Kier molecular flexibility index (Phi) is 5.82. The molecule has 0 fully saturated rings. The van der Waals surface area contributed by atoms with Crippen molar-refractivity contribution in [2.75, 3.05) is 6.54 Å². The predicted molar refractivity (Wildman–Crippen MR) is 99.6 cm³/mol. The Labute approximate surface area is 150 Å². The summed E-state index contributed by atoms with van der Waals surface area (Å²) >= 11 is 0. The minimum Gasteiger partial charge on any atom is -0.338 e. The lowest BCUT2D eigenvalue weighted by molar-refractivity contribution is 0.238. The van der Waals surface area contributed by atoms with Crippen molar-refractivity contribution in [3.8, 4) is 0 Å². The van der Waals surface area contributed by atoms with Crippen LogP contribution in [0.2, 0.25) is 0 Å². The van der Waals surface area contributed by atoms with E-state index < -0.39 is 0 Å². The van der Waals surface area contributed by atoms with E-state index in [1.54, 1.807) is 6.20 Å². The molecule has 0 aliphatic heterocycles. The molecule has 2 aromatic rings. The first-order valence-electron chi connectivity index (χ1n) is 8.69. The SMILES string of the molecule is Cc1cnccc1CCNC(=O)NC(C)c1cn(C(C)(C)C)nc1C. The Morgan fingerprint density at radius 2 is 2.04 bits per heavy atom. The van der Waals surface area contributed by atoms with Gasteiger partial charge in [0.25, 0.3) is 0 Å². The molecule has 0 radical (unpaired) electrons. The summed E-state index contributed by atoms with van der Waals surface area (Å²) in [6.07, 6.45) is 6.42. The lowest BCUT2D eigenvalue weighted by atomic mass is 10.1. The predicted octanol–water partition coefficient (Wildman–Crippen LogP) is 3.25. The van der Waals surface area contributed by atoms with Crippen LogP contribution in [0.25, 0.3) is 0 Å². The van der Waals surface area contributed by atoms with Gasteiger partial charge in [-0.2, -0.15) is 5.10 Å². The first kappa shape index (κ1) is 19.0. The number of nitrogens with zero attached hydrogens (tertiary/aromatic N) is 3. The minimum atomic E-state index is -0.165. The van der Waals surface area contributed by atoms with Gasteiger partial charge in [0, 0.05) is 30.7 Å². The fraction of sp³-hybridized carbons (Fsp3) is 0.526. The molecule has 25 heavy (non-hydrogen) atoms. The molecule has 1 unspecified atom stereocenters. The highest BCUT2D eigenvalue weighted by atomic mass is 16.2. The first-order valence-corrected chi connectivity index (χ1v) is 8.69. The van der Waals surface area contributed by atoms with Crippen LogP contribution in [0.4, 0.5) is 4.79 Å². The van der Waals surface area contributed by atoms with Crippen molar-refractivity contribution in [1.29, 1.82) is 0 Å². The summed E-state index contributed by atoms with van der Waals surface area (Å²) in [4.78, 5) is 16.2. The van der Waals surface area contributed by atoms with E-state index in [2.05, 4.69) is 41.5 Å². The molecule has 0 aliphatic rings. The number of hydrogen-bond donors (Lipinski definition) is 2. The number of urea groups is 1. The van der Waals surface area contributed by atoms with Crippen molar-refractivity contribution in [3.63, 3.8) is 0 Å². The Morgan fingerprint density at radius 3 is 2.64 bits per heavy atom. The van der Waals surface area contributed by atoms with Crippen LogP contribution in [0, 0.1) is 13.8 Å². The van der Waals surface area contributed by atoms with Crippen LogP contribution >= 0.6 is 0 Å². The molecule has 6 heteroatoms. The summed E-state index contributed by atoms with van der Waals surface area (Å²) in [6.45, 7) is 12.9. The van der Waals surface area contributed by atoms with Crippen molar-refractivity contribution in [2.24, 2.45) is 0 Å². The molecule has 2 N–H and O–H groups in total. The second kappa shape index (κ2) is 7.68. The van der Waals surface area contributed by atoms with Crippen molar-refractivity contribution in [2.45, 2.75) is 59.5 Å². The summed E-state index contributed by atoms with van der Waals surface area (Å²) in [5, 5.41) is 10.5. The molecular weight excluding hydrogens is 314 g/mol. The van der Waals surface area contributed by atoms with Gasteiger partial charge in [0.2, 0.25) is 0 Å². The quantitative estimate of drug-likeness (QED) is 0.875. The van der Waals surface area contributed by atoms with Crippen molar-refractivity contribution in [3.05, 3.63) is 47.0 Å². The van der Waals surface area contributed by atoms with Gasteiger partial charge in [-0.05, 0) is 65.2 Å². The summed E-state index contributed by atoms with van der Waals surface area (Å²) < 4.78 is 1.94. The molecule has 0 saturated carbocycles. The van der Waals surface area contributed by atoms with Crippen LogP contribution in [0.15, 0.2) is 24.7 Å². The molecule has 0 aliphatic carbocycles. The molecule has 2 rings (SSSR count). The van der Waals surface area contributed by atoms with Crippen LogP contribution in [0.5, 0.6) is 0 Å². The van der Waals surface area contributed by atoms with Crippen molar-refractivity contribution in [1.82, 2.24) is 25.4 Å². The highest BCUT2D eigenvalue weighted by Crippen LogP contribution is 2.21. The largest absolute Gasteiger partial charge is 0.338 e. The zero-order chi connectivity index (χ0) is 18.6. The third kappa shape index (κ3) is 5.05. The maximum Gasteiger partial charge on any atom is 0.315 e. The third-order valence-electron chi connectivity index (χ3n) is 4.25. The Balaban J connectivity index is 1.88. The monoisotopic (exact) mass is 343 g/mol. The van der Waals surface area contributed by atoms with Gasteiger partial charge in [-0.15, -0.1) is 0 Å². The van der Waals surface area contributed by atoms with E-state index in [0.717, 1.165) is 23.2 Å². The normalized spacial score (nSPS) is 12.7. The molecule has 0 bridgehead atoms. The summed E-state index contributed by atoms with van der Waals surface area (Å²) in [7, 11) is 0. The van der Waals surface area contributed by atoms with E-state index in [4.69, 9.17) is 0 Å². The third-order valence-corrected chi connectivity index (χ3v) is 4.25. The van der Waals surface area contributed by atoms with Crippen molar-refractivity contribution >= 4 is 6.03 Å². The first-order chi connectivity index (χ1) is 11.7. The molecular formula is C19H29N5O. The second-order valence-corrected chi connectivity index (χ2v) is 7.46. The molecule has 2 amide bonds. The van der Waals surface area contributed by atoms with Crippen LogP contribution < -0.4 is 10.6 Å². The van der Waals surface area contributed by atoms with Gasteiger partial charge in [-0.25, -0.2) is 4.79 Å². The van der Waals surface area contributed by atoms with Gasteiger partial charge in [0.05, 0.1) is 17.3 Å².